The number of imidazole rings is 1. The number of likely N-dealkylation sites (tertiary alicyclic amines) is 1. The fourth-order valence-corrected chi connectivity index (χ4v) is 3.80. The molecule has 1 amide bonds. The molecule has 0 saturated carbocycles. The fraction of sp³-hybridized carbons (Fsp3) is 0.474. The summed E-state index contributed by atoms with van der Waals surface area (Å²) in [5.74, 6) is 0.487. The first-order chi connectivity index (χ1) is 13.0. The number of hydrogen-bond acceptors (Lipinski definition) is 4. The van der Waals surface area contributed by atoms with Gasteiger partial charge in [-0.2, -0.15) is 0 Å². The Bertz CT molecular complexity index is 995. The molecule has 27 heavy (non-hydrogen) atoms. The largest absolute Gasteiger partial charge is 0.343 e. The van der Waals surface area contributed by atoms with Gasteiger partial charge in [0.25, 0.3) is 5.56 Å². The second kappa shape index (κ2) is 7.02. The average Bonchev–Trinajstić information content (AvgIpc) is 3.31. The van der Waals surface area contributed by atoms with E-state index in [2.05, 4.69) is 15.1 Å². The maximum Gasteiger partial charge on any atom is 0.272 e. The van der Waals surface area contributed by atoms with Gasteiger partial charge in [0.2, 0.25) is 5.91 Å². The normalized spacial score (nSPS) is 16.7. The molecule has 0 aliphatic carbocycles. The van der Waals surface area contributed by atoms with Gasteiger partial charge in [-0.1, -0.05) is 0 Å². The van der Waals surface area contributed by atoms with Gasteiger partial charge in [0, 0.05) is 67.4 Å². The SMILES string of the molecule is Cc1cc(=O)n2[nH]c(C3CCN(C(=O)C[C@H](C)n4ccnc4)CC3)cc2n1. The minimum Gasteiger partial charge on any atom is -0.343 e. The lowest BCUT2D eigenvalue weighted by Gasteiger charge is -2.32. The minimum atomic E-state index is -0.0927. The Kier molecular flexibility index (Phi) is 4.55. The Labute approximate surface area is 156 Å². The number of amides is 1. The zero-order valence-electron chi connectivity index (χ0n) is 15.6. The van der Waals surface area contributed by atoms with Crippen molar-refractivity contribution in [1.82, 2.24) is 29.0 Å². The summed E-state index contributed by atoms with van der Waals surface area (Å²) in [6, 6.07) is 3.58. The molecule has 8 heteroatoms. The predicted octanol–water partition coefficient (Wildman–Crippen LogP) is 1.88. The second-order valence-corrected chi connectivity index (χ2v) is 7.36. The molecule has 1 aliphatic heterocycles. The highest BCUT2D eigenvalue weighted by molar-refractivity contribution is 5.76. The summed E-state index contributed by atoms with van der Waals surface area (Å²) in [6.45, 7) is 5.32. The monoisotopic (exact) mass is 368 g/mol. The van der Waals surface area contributed by atoms with E-state index in [0.29, 0.717) is 18.0 Å². The van der Waals surface area contributed by atoms with Gasteiger partial charge in [-0.05, 0) is 26.7 Å². The van der Waals surface area contributed by atoms with Crippen molar-refractivity contribution in [1.29, 1.82) is 0 Å². The van der Waals surface area contributed by atoms with Crippen LogP contribution in [0.5, 0.6) is 0 Å². The number of aryl methyl sites for hydroxylation is 1. The van der Waals surface area contributed by atoms with E-state index in [-0.39, 0.29) is 17.5 Å². The Balaban J connectivity index is 1.39. The Hall–Kier alpha value is -2.90. The van der Waals surface area contributed by atoms with Gasteiger partial charge < -0.3 is 9.47 Å². The fourth-order valence-electron chi connectivity index (χ4n) is 3.80. The first kappa shape index (κ1) is 17.5. The number of aromatic nitrogens is 5. The third-order valence-corrected chi connectivity index (χ3v) is 5.39. The number of rotatable bonds is 4. The first-order valence-electron chi connectivity index (χ1n) is 9.36. The molecule has 0 unspecified atom stereocenters. The third kappa shape index (κ3) is 3.51. The van der Waals surface area contributed by atoms with Gasteiger partial charge in [-0.25, -0.2) is 14.5 Å². The number of piperidine rings is 1. The molecule has 142 valence electrons. The van der Waals surface area contributed by atoms with E-state index in [1.165, 1.54) is 10.6 Å². The van der Waals surface area contributed by atoms with E-state index >= 15 is 0 Å². The number of fused-ring (bicyclic) bond motifs is 1. The van der Waals surface area contributed by atoms with Crippen molar-refractivity contribution < 1.29 is 4.79 Å². The van der Waals surface area contributed by atoms with E-state index < -0.39 is 0 Å². The van der Waals surface area contributed by atoms with Crippen LogP contribution >= 0.6 is 0 Å². The molecule has 0 bridgehead atoms. The van der Waals surface area contributed by atoms with E-state index in [9.17, 15) is 9.59 Å². The summed E-state index contributed by atoms with van der Waals surface area (Å²) in [5.41, 5.74) is 2.30. The van der Waals surface area contributed by atoms with Crippen LogP contribution in [0, 0.1) is 6.92 Å². The van der Waals surface area contributed by atoms with Crippen molar-refractivity contribution in [3.05, 3.63) is 52.6 Å². The van der Waals surface area contributed by atoms with Crippen LogP contribution in [0.1, 0.15) is 49.5 Å². The van der Waals surface area contributed by atoms with E-state index in [1.807, 2.05) is 35.6 Å². The molecule has 4 rings (SSSR count). The zero-order valence-corrected chi connectivity index (χ0v) is 15.6. The molecule has 1 fully saturated rings. The molecule has 0 spiro atoms. The predicted molar refractivity (Wildman–Crippen MR) is 101 cm³/mol. The molecular weight excluding hydrogens is 344 g/mol. The van der Waals surface area contributed by atoms with Crippen LogP contribution in [0.4, 0.5) is 0 Å². The van der Waals surface area contributed by atoms with Crippen molar-refractivity contribution >= 4 is 11.6 Å². The van der Waals surface area contributed by atoms with Crippen LogP contribution < -0.4 is 5.56 Å². The molecule has 1 atom stereocenters. The van der Waals surface area contributed by atoms with Crippen molar-refractivity contribution in [2.75, 3.05) is 13.1 Å². The summed E-state index contributed by atoms with van der Waals surface area (Å²) in [5, 5.41) is 3.18. The molecule has 3 aromatic rings. The zero-order chi connectivity index (χ0) is 19.0. The van der Waals surface area contributed by atoms with Crippen molar-refractivity contribution in [2.24, 2.45) is 0 Å². The molecule has 1 aliphatic rings. The van der Waals surface area contributed by atoms with Crippen LogP contribution in [0.15, 0.2) is 35.6 Å². The van der Waals surface area contributed by atoms with E-state index in [4.69, 9.17) is 0 Å². The highest BCUT2D eigenvalue weighted by atomic mass is 16.2. The topological polar surface area (TPSA) is 88.3 Å². The quantitative estimate of drug-likeness (QED) is 0.762. The van der Waals surface area contributed by atoms with Gasteiger partial charge in [0.15, 0.2) is 5.65 Å². The number of carbonyl (C=O) groups excluding carboxylic acids is 1. The average molecular weight is 368 g/mol. The number of nitrogens with zero attached hydrogens (tertiary/aromatic N) is 5. The third-order valence-electron chi connectivity index (χ3n) is 5.39. The first-order valence-corrected chi connectivity index (χ1v) is 9.36. The molecular formula is C19H24N6O2. The van der Waals surface area contributed by atoms with Crippen molar-refractivity contribution in [2.45, 2.75) is 45.1 Å². The lowest BCUT2D eigenvalue weighted by atomic mass is 9.93. The van der Waals surface area contributed by atoms with E-state index in [0.717, 1.165) is 37.3 Å². The molecule has 1 N–H and O–H groups in total. The van der Waals surface area contributed by atoms with Crippen LogP contribution in [0.25, 0.3) is 5.65 Å². The maximum atomic E-state index is 12.6. The number of H-pyrrole nitrogens is 1. The highest BCUT2D eigenvalue weighted by Crippen LogP contribution is 2.28. The number of hydrogen-bond donors (Lipinski definition) is 1. The molecule has 4 heterocycles. The van der Waals surface area contributed by atoms with Gasteiger partial charge in [0.1, 0.15) is 0 Å². The van der Waals surface area contributed by atoms with Gasteiger partial charge in [-0.15, -0.1) is 0 Å². The standard InChI is InChI=1S/C19H24N6O2/c1-13-9-19(27)25-17(21-13)11-16(22-25)15-3-6-23(7-4-15)18(26)10-14(2)24-8-5-20-12-24/h5,8-9,11-12,14-15,22H,3-4,6-7,10H2,1-2H3/t14-/m0/s1. The molecule has 0 radical (unpaired) electrons. The highest BCUT2D eigenvalue weighted by Gasteiger charge is 2.26. The van der Waals surface area contributed by atoms with Crippen LogP contribution in [0.3, 0.4) is 0 Å². The van der Waals surface area contributed by atoms with E-state index in [1.54, 1.807) is 12.5 Å². The minimum absolute atomic E-state index is 0.0927. The van der Waals surface area contributed by atoms with Crippen LogP contribution in [-0.4, -0.2) is 48.0 Å². The summed E-state index contributed by atoms with van der Waals surface area (Å²) < 4.78 is 3.45. The molecule has 0 aromatic carbocycles. The van der Waals surface area contributed by atoms with Gasteiger partial charge >= 0.3 is 0 Å². The van der Waals surface area contributed by atoms with Crippen LogP contribution in [0.2, 0.25) is 0 Å². The second-order valence-electron chi connectivity index (χ2n) is 7.36. The molecule has 3 aromatic heterocycles. The summed E-state index contributed by atoms with van der Waals surface area (Å²) in [6.07, 6.45) is 7.60. The Morgan fingerprint density at radius 2 is 2.11 bits per heavy atom. The van der Waals surface area contributed by atoms with Gasteiger partial charge in [-0.3, -0.25) is 14.7 Å². The van der Waals surface area contributed by atoms with Crippen molar-refractivity contribution in [3.8, 4) is 0 Å². The summed E-state index contributed by atoms with van der Waals surface area (Å²) in [4.78, 5) is 35.1. The molecule has 1 saturated heterocycles. The van der Waals surface area contributed by atoms with Gasteiger partial charge in [0.05, 0.1) is 6.33 Å². The summed E-state index contributed by atoms with van der Waals surface area (Å²) in [7, 11) is 0. The number of aromatic amines is 1. The van der Waals surface area contributed by atoms with Crippen molar-refractivity contribution in [3.63, 3.8) is 0 Å². The number of carbonyl (C=O) groups is 1. The number of nitrogens with one attached hydrogen (secondary N) is 1. The smallest absolute Gasteiger partial charge is 0.272 e. The Morgan fingerprint density at radius 3 is 2.81 bits per heavy atom. The maximum absolute atomic E-state index is 12.6. The van der Waals surface area contributed by atoms with Crippen LogP contribution in [-0.2, 0) is 4.79 Å². The molecule has 8 nitrogen and oxygen atoms in total. The lowest BCUT2D eigenvalue weighted by Crippen LogP contribution is -2.38. The summed E-state index contributed by atoms with van der Waals surface area (Å²) >= 11 is 0. The lowest BCUT2D eigenvalue weighted by molar-refractivity contribution is -0.133. The Morgan fingerprint density at radius 1 is 1.33 bits per heavy atom.